The van der Waals surface area contributed by atoms with E-state index in [2.05, 4.69) is 21.2 Å². The van der Waals surface area contributed by atoms with Crippen molar-refractivity contribution >= 4 is 43.5 Å². The van der Waals surface area contributed by atoms with Crippen molar-refractivity contribution in [1.29, 1.82) is 0 Å². The summed E-state index contributed by atoms with van der Waals surface area (Å²) < 4.78 is 42.6. The molecule has 0 saturated heterocycles. The summed E-state index contributed by atoms with van der Waals surface area (Å²) in [4.78, 5) is 28.1. The molecule has 38 heavy (non-hydrogen) atoms. The molecule has 3 aromatic rings. The Kier molecular flexibility index (Phi) is 9.32. The molecule has 1 atom stereocenters. The van der Waals surface area contributed by atoms with E-state index < -0.39 is 39.9 Å². The number of para-hydroxylation sites is 1. The number of nitrogens with zero attached hydrogens (tertiary/aromatic N) is 2. The van der Waals surface area contributed by atoms with Gasteiger partial charge in [0.15, 0.2) is 0 Å². The third-order valence-electron chi connectivity index (χ3n) is 5.66. The number of sulfonamides is 1. The van der Waals surface area contributed by atoms with Gasteiger partial charge in [0.2, 0.25) is 11.8 Å². The maximum Gasteiger partial charge on any atom is 0.264 e. The standard InChI is InChI=1S/C28H31BrFN3O4S/c1-20(27(35)31-28(2,3)4)32(18-21-10-12-22(29)13-11-21)26(34)19-33(24-8-6-5-7-9-24)38(36,37)25-16-14-23(30)15-17-25/h5-17,20H,18-19H2,1-4H3,(H,31,35)/t20-/m0/s1. The molecule has 0 aliphatic heterocycles. The van der Waals surface area contributed by atoms with Gasteiger partial charge >= 0.3 is 0 Å². The molecule has 0 heterocycles. The number of rotatable bonds is 9. The Bertz CT molecular complexity index is 1360. The van der Waals surface area contributed by atoms with E-state index in [9.17, 15) is 22.4 Å². The van der Waals surface area contributed by atoms with E-state index in [0.29, 0.717) is 0 Å². The maximum absolute atomic E-state index is 13.8. The second-order valence-electron chi connectivity index (χ2n) is 9.86. The summed E-state index contributed by atoms with van der Waals surface area (Å²) in [6.45, 7) is 6.65. The summed E-state index contributed by atoms with van der Waals surface area (Å²) in [5.41, 5.74) is 0.504. The fourth-order valence-electron chi connectivity index (χ4n) is 3.70. The van der Waals surface area contributed by atoms with Crippen LogP contribution in [0.4, 0.5) is 10.1 Å². The molecule has 2 amide bonds. The molecule has 0 unspecified atom stereocenters. The van der Waals surface area contributed by atoms with E-state index in [1.165, 1.54) is 4.90 Å². The zero-order valence-corrected chi connectivity index (χ0v) is 24.1. The van der Waals surface area contributed by atoms with Crippen LogP contribution in [-0.2, 0) is 26.2 Å². The lowest BCUT2D eigenvalue weighted by molar-refractivity contribution is -0.140. The molecule has 0 spiro atoms. The average Bonchev–Trinajstić information content (AvgIpc) is 2.86. The molecule has 3 aromatic carbocycles. The third-order valence-corrected chi connectivity index (χ3v) is 7.97. The molecule has 10 heteroatoms. The monoisotopic (exact) mass is 603 g/mol. The largest absolute Gasteiger partial charge is 0.350 e. The number of hydrogen-bond donors (Lipinski definition) is 1. The highest BCUT2D eigenvalue weighted by Gasteiger charge is 2.33. The smallest absolute Gasteiger partial charge is 0.264 e. The van der Waals surface area contributed by atoms with E-state index in [-0.39, 0.29) is 23.0 Å². The summed E-state index contributed by atoms with van der Waals surface area (Å²) in [5, 5.41) is 2.89. The van der Waals surface area contributed by atoms with Crippen molar-refractivity contribution in [2.24, 2.45) is 0 Å². The Morgan fingerprint density at radius 1 is 0.947 bits per heavy atom. The molecule has 0 aromatic heterocycles. The minimum absolute atomic E-state index is 0.0874. The lowest BCUT2D eigenvalue weighted by atomic mass is 10.1. The summed E-state index contributed by atoms with van der Waals surface area (Å²) in [5.74, 6) is -1.51. The maximum atomic E-state index is 13.8. The quantitative estimate of drug-likeness (QED) is 0.368. The predicted octanol–water partition coefficient (Wildman–Crippen LogP) is 5.12. The van der Waals surface area contributed by atoms with Gasteiger partial charge < -0.3 is 10.2 Å². The van der Waals surface area contributed by atoms with Crippen molar-refractivity contribution in [3.05, 3.63) is 94.7 Å². The summed E-state index contributed by atoms with van der Waals surface area (Å²) in [7, 11) is -4.24. The van der Waals surface area contributed by atoms with Crippen LogP contribution in [0, 0.1) is 5.82 Å². The Morgan fingerprint density at radius 3 is 2.08 bits per heavy atom. The zero-order valence-electron chi connectivity index (χ0n) is 21.7. The Balaban J connectivity index is 2.00. The van der Waals surface area contributed by atoms with Crippen LogP contribution in [0.1, 0.15) is 33.3 Å². The molecule has 0 aliphatic carbocycles. The molecule has 3 rings (SSSR count). The molecule has 0 aliphatic rings. The average molecular weight is 605 g/mol. The van der Waals surface area contributed by atoms with Crippen LogP contribution in [0.3, 0.4) is 0 Å². The van der Waals surface area contributed by atoms with Crippen molar-refractivity contribution in [2.75, 3.05) is 10.8 Å². The molecular weight excluding hydrogens is 573 g/mol. The van der Waals surface area contributed by atoms with Gasteiger partial charge in [-0.2, -0.15) is 0 Å². The first-order valence-electron chi connectivity index (χ1n) is 12.0. The first-order valence-corrected chi connectivity index (χ1v) is 14.2. The highest BCUT2D eigenvalue weighted by atomic mass is 79.9. The van der Waals surface area contributed by atoms with Gasteiger partial charge in [0.1, 0.15) is 18.4 Å². The van der Waals surface area contributed by atoms with Gasteiger partial charge in [-0.1, -0.05) is 46.3 Å². The van der Waals surface area contributed by atoms with Crippen LogP contribution in [-0.4, -0.2) is 43.3 Å². The molecule has 202 valence electrons. The Labute approximate surface area is 231 Å². The number of halogens is 2. The van der Waals surface area contributed by atoms with Crippen LogP contribution in [0.25, 0.3) is 0 Å². The van der Waals surface area contributed by atoms with E-state index in [1.54, 1.807) is 37.3 Å². The van der Waals surface area contributed by atoms with Crippen LogP contribution in [0.2, 0.25) is 0 Å². The molecular formula is C28H31BrFN3O4S. The predicted molar refractivity (Wildman–Crippen MR) is 149 cm³/mol. The normalized spacial score (nSPS) is 12.5. The molecule has 0 saturated carbocycles. The third kappa shape index (κ3) is 7.64. The van der Waals surface area contributed by atoms with Gasteiger partial charge in [-0.25, -0.2) is 12.8 Å². The number of carbonyl (C=O) groups is 2. The van der Waals surface area contributed by atoms with Gasteiger partial charge in [-0.05, 0) is 81.8 Å². The minimum atomic E-state index is -4.24. The fourth-order valence-corrected chi connectivity index (χ4v) is 5.38. The second kappa shape index (κ2) is 12.1. The van der Waals surface area contributed by atoms with E-state index in [4.69, 9.17) is 0 Å². The SMILES string of the molecule is C[C@@H](C(=O)NC(C)(C)C)N(Cc1ccc(Br)cc1)C(=O)CN(c1ccccc1)S(=O)(=O)c1ccc(F)cc1. The van der Waals surface area contributed by atoms with Gasteiger partial charge in [-0.3, -0.25) is 13.9 Å². The molecule has 7 nitrogen and oxygen atoms in total. The second-order valence-corrected chi connectivity index (χ2v) is 12.6. The number of carbonyl (C=O) groups excluding carboxylic acids is 2. The van der Waals surface area contributed by atoms with Crippen molar-refractivity contribution in [1.82, 2.24) is 10.2 Å². The number of benzene rings is 3. The van der Waals surface area contributed by atoms with Crippen molar-refractivity contribution in [3.8, 4) is 0 Å². The summed E-state index contributed by atoms with van der Waals surface area (Å²) in [6.07, 6.45) is 0. The zero-order chi connectivity index (χ0) is 28.1. The lowest BCUT2D eigenvalue weighted by Gasteiger charge is -2.33. The first-order chi connectivity index (χ1) is 17.8. The molecule has 0 bridgehead atoms. The lowest BCUT2D eigenvalue weighted by Crippen LogP contribution is -2.54. The highest BCUT2D eigenvalue weighted by molar-refractivity contribution is 9.10. The van der Waals surface area contributed by atoms with Crippen LogP contribution in [0.5, 0.6) is 0 Å². The van der Waals surface area contributed by atoms with Crippen LogP contribution < -0.4 is 9.62 Å². The highest BCUT2D eigenvalue weighted by Crippen LogP contribution is 2.25. The van der Waals surface area contributed by atoms with E-state index in [1.807, 2.05) is 45.0 Å². The topological polar surface area (TPSA) is 86.8 Å². The number of amides is 2. The van der Waals surface area contributed by atoms with Crippen LogP contribution >= 0.6 is 15.9 Å². The van der Waals surface area contributed by atoms with Crippen LogP contribution in [0.15, 0.2) is 88.2 Å². The first kappa shape index (κ1) is 29.3. The minimum Gasteiger partial charge on any atom is -0.350 e. The van der Waals surface area contributed by atoms with Gasteiger partial charge in [-0.15, -0.1) is 0 Å². The van der Waals surface area contributed by atoms with Gasteiger partial charge in [0.25, 0.3) is 10.0 Å². The fraction of sp³-hybridized carbons (Fsp3) is 0.286. The molecule has 0 fully saturated rings. The molecule has 1 N–H and O–H groups in total. The van der Waals surface area contributed by atoms with Crippen molar-refractivity contribution < 1.29 is 22.4 Å². The summed E-state index contributed by atoms with van der Waals surface area (Å²) >= 11 is 3.39. The Morgan fingerprint density at radius 2 is 1.53 bits per heavy atom. The van der Waals surface area contributed by atoms with Gasteiger partial charge in [0.05, 0.1) is 10.6 Å². The van der Waals surface area contributed by atoms with Crippen molar-refractivity contribution in [3.63, 3.8) is 0 Å². The van der Waals surface area contributed by atoms with Crippen molar-refractivity contribution in [2.45, 2.75) is 50.7 Å². The molecule has 0 radical (unpaired) electrons. The Hall–Kier alpha value is -3.24. The van der Waals surface area contributed by atoms with E-state index >= 15 is 0 Å². The number of nitrogens with one attached hydrogen (secondary N) is 1. The number of hydrogen-bond acceptors (Lipinski definition) is 4. The summed E-state index contributed by atoms with van der Waals surface area (Å²) in [6, 6.07) is 19.0. The number of anilines is 1. The van der Waals surface area contributed by atoms with Gasteiger partial charge in [0, 0.05) is 16.6 Å². The van der Waals surface area contributed by atoms with E-state index in [0.717, 1.165) is 38.6 Å².